The summed E-state index contributed by atoms with van der Waals surface area (Å²) in [5.41, 5.74) is 9.32. The Kier molecular flexibility index (Phi) is 25.1. The minimum absolute atomic E-state index is 0.657. The van der Waals surface area contributed by atoms with Crippen LogP contribution < -0.4 is 0 Å². The molecule has 0 nitrogen and oxygen atoms in total. The first-order valence-corrected chi connectivity index (χ1v) is 32.3. The van der Waals surface area contributed by atoms with Gasteiger partial charge in [0.2, 0.25) is 0 Å². The van der Waals surface area contributed by atoms with Crippen molar-refractivity contribution in [1.29, 1.82) is 0 Å². The molecule has 0 aromatic heterocycles. The predicted molar refractivity (Wildman–Crippen MR) is 305 cm³/mol. The Labute approximate surface area is 426 Å². The molecular formula is C66H90Al2. The summed E-state index contributed by atoms with van der Waals surface area (Å²) in [5, 5.41) is 8.52. The second-order valence-electron chi connectivity index (χ2n) is 21.6. The summed E-state index contributed by atoms with van der Waals surface area (Å²) in [7, 11) is 0. The minimum Gasteiger partial charge on any atom is -0.0870 e. The van der Waals surface area contributed by atoms with Gasteiger partial charge in [0.25, 0.3) is 28.3 Å². The maximum atomic E-state index is 2.43. The Morgan fingerprint density at radius 1 is 0.265 bits per heavy atom. The van der Waals surface area contributed by atoms with Crippen molar-refractivity contribution < 1.29 is 0 Å². The third-order valence-corrected chi connectivity index (χ3v) is 22.7. The van der Waals surface area contributed by atoms with Gasteiger partial charge in [-0.25, -0.2) is 0 Å². The zero-order valence-electron chi connectivity index (χ0n) is 44.2. The highest BCUT2D eigenvalue weighted by atomic mass is 27.2. The first-order valence-electron chi connectivity index (χ1n) is 27.4. The molecular weight excluding hydrogens is 847 g/mol. The Morgan fingerprint density at radius 3 is 0.647 bits per heavy atom. The molecule has 6 unspecified atom stereocenters. The Hall–Kier alpha value is -3.62. The van der Waals surface area contributed by atoms with Crippen molar-refractivity contribution in [1.82, 2.24) is 0 Å². The van der Waals surface area contributed by atoms with Gasteiger partial charge in [0, 0.05) is 0 Å². The van der Waals surface area contributed by atoms with E-state index < -0.39 is 28.3 Å². The molecule has 0 saturated heterocycles. The highest BCUT2D eigenvalue weighted by Gasteiger charge is 2.34. The van der Waals surface area contributed by atoms with Gasteiger partial charge in [0.05, 0.1) is 0 Å². The molecule has 0 aliphatic rings. The summed E-state index contributed by atoms with van der Waals surface area (Å²) >= 11 is -2.10. The molecule has 0 heterocycles. The van der Waals surface area contributed by atoms with Gasteiger partial charge in [-0.1, -0.05) is 295 Å². The maximum absolute atomic E-state index is 2.43. The molecule has 6 aromatic rings. The quantitative estimate of drug-likeness (QED) is 0.0452. The Morgan fingerprint density at radius 2 is 0.456 bits per heavy atom. The summed E-state index contributed by atoms with van der Waals surface area (Å²) in [6.07, 6.45) is 7.78. The van der Waals surface area contributed by atoms with Crippen molar-refractivity contribution in [3.8, 4) is 0 Å². The summed E-state index contributed by atoms with van der Waals surface area (Å²) < 4.78 is 0. The summed E-state index contributed by atoms with van der Waals surface area (Å²) in [6.45, 7) is 21.7. The molecule has 0 N–H and O–H groups in total. The molecule has 0 fully saturated rings. The average molecular weight is 937 g/mol. The summed E-state index contributed by atoms with van der Waals surface area (Å²) in [4.78, 5) is 0. The highest BCUT2D eigenvalue weighted by molar-refractivity contribution is 6.59. The van der Waals surface area contributed by atoms with Crippen LogP contribution in [0.25, 0.3) is 0 Å². The van der Waals surface area contributed by atoms with Crippen LogP contribution in [0.2, 0.25) is 31.7 Å². The van der Waals surface area contributed by atoms with E-state index in [1.165, 1.54) is 86.9 Å². The van der Waals surface area contributed by atoms with E-state index >= 15 is 0 Å². The van der Waals surface area contributed by atoms with Crippen LogP contribution in [-0.2, 0) is 0 Å². The van der Waals surface area contributed by atoms with Crippen LogP contribution in [0.1, 0.15) is 170 Å². The van der Waals surface area contributed by atoms with Gasteiger partial charge in [-0.2, -0.15) is 0 Å². The van der Waals surface area contributed by atoms with Crippen molar-refractivity contribution in [2.45, 2.75) is 168 Å². The molecule has 6 rings (SSSR count). The largest absolute Gasteiger partial charge is 0.263 e. The minimum atomic E-state index is -1.09. The van der Waals surface area contributed by atoms with E-state index in [0.29, 0.717) is 35.5 Å². The van der Waals surface area contributed by atoms with Crippen molar-refractivity contribution >= 4 is 28.3 Å². The Balaban J connectivity index is 0.000000254. The smallest absolute Gasteiger partial charge is 0.0870 e. The van der Waals surface area contributed by atoms with E-state index in [-0.39, 0.29) is 0 Å². The lowest BCUT2D eigenvalue weighted by molar-refractivity contribution is 0.499. The van der Waals surface area contributed by atoms with E-state index in [2.05, 4.69) is 244 Å². The topological polar surface area (TPSA) is 0 Å². The van der Waals surface area contributed by atoms with Gasteiger partial charge >= 0.3 is 0 Å². The van der Waals surface area contributed by atoms with Gasteiger partial charge in [-0.15, -0.1) is 0 Å². The van der Waals surface area contributed by atoms with Gasteiger partial charge in [0.1, 0.15) is 0 Å². The zero-order valence-corrected chi connectivity index (χ0v) is 46.5. The average Bonchev–Trinajstić information content (AvgIpc) is 3.37. The molecule has 0 bridgehead atoms. The third-order valence-electron chi connectivity index (χ3n) is 15.4. The van der Waals surface area contributed by atoms with E-state index in [1.807, 2.05) is 0 Å². The van der Waals surface area contributed by atoms with Crippen LogP contribution >= 0.6 is 0 Å². The molecule has 6 atom stereocenters. The van der Waals surface area contributed by atoms with Crippen LogP contribution in [0.15, 0.2) is 182 Å². The second-order valence-corrected chi connectivity index (χ2v) is 27.9. The number of hydrogen-bond acceptors (Lipinski definition) is 0. The second kappa shape index (κ2) is 30.9. The molecule has 6 aromatic carbocycles. The Bertz CT molecular complexity index is 1880. The lowest BCUT2D eigenvalue weighted by Crippen LogP contribution is -2.27. The molecule has 360 valence electrons. The SMILES string of the molecule is CC(C)C([CH2][Al]([CH2]C(c1ccccc1)C(C)C)[CH2]C(c1ccccc1)C(C)C)c1ccccc1.CCCC([CH2][Al]([CH2]C(CCC)c1ccccc1)[CH2]C(CCC)c1ccccc1)c1ccccc1. The fraction of sp³-hybridized carbons (Fsp3) is 0.455. The van der Waals surface area contributed by atoms with E-state index in [0.717, 1.165) is 17.8 Å². The van der Waals surface area contributed by atoms with Gasteiger partial charge in [0.15, 0.2) is 0 Å². The molecule has 0 saturated carbocycles. The number of hydrogen-bond donors (Lipinski definition) is 0. The van der Waals surface area contributed by atoms with Gasteiger partial charge in [-0.3, -0.25) is 0 Å². The monoisotopic (exact) mass is 937 g/mol. The lowest BCUT2D eigenvalue weighted by atomic mass is 9.89. The normalized spacial score (nSPS) is 14.1. The van der Waals surface area contributed by atoms with Crippen molar-refractivity contribution in [2.75, 3.05) is 0 Å². The fourth-order valence-electron chi connectivity index (χ4n) is 11.8. The van der Waals surface area contributed by atoms with Crippen molar-refractivity contribution in [3.63, 3.8) is 0 Å². The molecule has 0 spiro atoms. The van der Waals surface area contributed by atoms with Crippen LogP contribution in [-0.4, -0.2) is 28.3 Å². The number of rotatable bonds is 27. The molecule has 0 aliphatic carbocycles. The van der Waals surface area contributed by atoms with Crippen LogP contribution in [0.3, 0.4) is 0 Å². The molecule has 2 heteroatoms. The van der Waals surface area contributed by atoms with Crippen molar-refractivity contribution in [3.05, 3.63) is 215 Å². The summed E-state index contributed by atoms with van der Waals surface area (Å²) in [6, 6.07) is 68.2. The summed E-state index contributed by atoms with van der Waals surface area (Å²) in [5.74, 6) is 6.14. The van der Waals surface area contributed by atoms with Crippen LogP contribution in [0, 0.1) is 17.8 Å². The molecule has 68 heavy (non-hydrogen) atoms. The van der Waals surface area contributed by atoms with Crippen LogP contribution in [0.4, 0.5) is 0 Å². The maximum Gasteiger partial charge on any atom is 0.263 e. The van der Waals surface area contributed by atoms with Gasteiger partial charge < -0.3 is 0 Å². The first-order chi connectivity index (χ1) is 33.1. The molecule has 0 radical (unpaired) electrons. The third kappa shape index (κ3) is 18.3. The van der Waals surface area contributed by atoms with E-state index in [1.54, 1.807) is 16.7 Å². The van der Waals surface area contributed by atoms with Crippen LogP contribution in [0.5, 0.6) is 0 Å². The van der Waals surface area contributed by atoms with E-state index in [4.69, 9.17) is 0 Å². The number of benzene rings is 6. The zero-order chi connectivity index (χ0) is 48.5. The lowest BCUT2D eigenvalue weighted by Gasteiger charge is -2.32. The van der Waals surface area contributed by atoms with Gasteiger partial charge in [-0.05, 0) is 106 Å². The molecule has 0 aliphatic heterocycles. The highest BCUT2D eigenvalue weighted by Crippen LogP contribution is 2.42. The first kappa shape index (κ1) is 55.3. The van der Waals surface area contributed by atoms with E-state index in [9.17, 15) is 0 Å². The standard InChI is InChI=1S/6C11H15.2Al/c3*1-9(2)10(3)11-7-5-4-6-8-11;3*1-3-7-10(2)11-8-5-4-6-9-11;;/h3*4-10H,3H2,1-2H3;3*4-6,8-10H,2-3,7H2,1H3;;. The predicted octanol–water partition coefficient (Wildman–Crippen LogP) is 20.0. The molecule has 0 amide bonds. The van der Waals surface area contributed by atoms with Crippen molar-refractivity contribution in [2.24, 2.45) is 17.8 Å². The fourth-order valence-corrected chi connectivity index (χ4v) is 21.5.